The highest BCUT2D eigenvalue weighted by Crippen LogP contribution is 2.37. The Morgan fingerprint density at radius 1 is 1.30 bits per heavy atom. The second-order valence-corrected chi connectivity index (χ2v) is 9.21. The molecule has 0 bridgehead atoms. The Kier molecular flexibility index (Phi) is 5.03. The molecule has 2 saturated heterocycles. The third-order valence-corrected chi connectivity index (χ3v) is 4.66. The van der Waals surface area contributed by atoms with Crippen LogP contribution in [0, 0.1) is 5.92 Å². The Morgan fingerprint density at radius 3 is 2.48 bits per heavy atom. The van der Waals surface area contributed by atoms with Gasteiger partial charge in [0.05, 0.1) is 11.2 Å². The summed E-state index contributed by atoms with van der Waals surface area (Å²) in [6, 6.07) is 0.355. The molecule has 0 saturated carbocycles. The number of hydrogen-bond acceptors (Lipinski definition) is 4. The van der Waals surface area contributed by atoms with Crippen LogP contribution < -0.4 is 5.32 Å². The van der Waals surface area contributed by atoms with Crippen LogP contribution in [0.2, 0.25) is 0 Å². The van der Waals surface area contributed by atoms with Crippen molar-refractivity contribution in [2.24, 2.45) is 5.92 Å². The first-order valence-electron chi connectivity index (χ1n) is 8.79. The summed E-state index contributed by atoms with van der Waals surface area (Å²) < 4.78 is 11.6. The average Bonchev–Trinajstić information content (AvgIpc) is 2.86. The first-order valence-corrected chi connectivity index (χ1v) is 8.79. The van der Waals surface area contributed by atoms with E-state index < -0.39 is 5.60 Å². The fraction of sp³-hybridized carbons (Fsp3) is 0.944. The third kappa shape index (κ3) is 5.08. The van der Waals surface area contributed by atoms with Crippen LogP contribution in [-0.4, -0.2) is 53.5 Å². The topological polar surface area (TPSA) is 50.8 Å². The van der Waals surface area contributed by atoms with E-state index in [2.05, 4.69) is 33.0 Å². The van der Waals surface area contributed by atoms with Crippen molar-refractivity contribution in [1.29, 1.82) is 0 Å². The van der Waals surface area contributed by atoms with Crippen molar-refractivity contribution in [3.05, 3.63) is 0 Å². The van der Waals surface area contributed by atoms with Gasteiger partial charge in [0, 0.05) is 25.7 Å². The van der Waals surface area contributed by atoms with Gasteiger partial charge in [0.2, 0.25) is 0 Å². The van der Waals surface area contributed by atoms with Gasteiger partial charge < -0.3 is 19.7 Å². The summed E-state index contributed by atoms with van der Waals surface area (Å²) in [6.45, 7) is 16.8. The van der Waals surface area contributed by atoms with Gasteiger partial charge in [-0.15, -0.1) is 0 Å². The fourth-order valence-electron chi connectivity index (χ4n) is 3.68. The molecular formula is C18H34N2O3. The van der Waals surface area contributed by atoms with Crippen LogP contribution in [0.3, 0.4) is 0 Å². The molecule has 2 aliphatic rings. The van der Waals surface area contributed by atoms with E-state index in [-0.39, 0.29) is 17.3 Å². The highest BCUT2D eigenvalue weighted by molar-refractivity contribution is 5.68. The molecule has 0 aliphatic carbocycles. The van der Waals surface area contributed by atoms with Crippen molar-refractivity contribution in [3.63, 3.8) is 0 Å². The summed E-state index contributed by atoms with van der Waals surface area (Å²) in [5, 5.41) is 3.67. The molecule has 23 heavy (non-hydrogen) atoms. The third-order valence-electron chi connectivity index (χ3n) is 4.66. The number of likely N-dealkylation sites (tertiary alicyclic amines) is 1. The molecule has 0 radical (unpaired) electrons. The van der Waals surface area contributed by atoms with Crippen molar-refractivity contribution in [2.45, 2.75) is 84.2 Å². The molecule has 2 aliphatic heterocycles. The minimum Gasteiger partial charge on any atom is -0.444 e. The molecule has 0 aromatic rings. The van der Waals surface area contributed by atoms with Crippen molar-refractivity contribution in [3.8, 4) is 0 Å². The van der Waals surface area contributed by atoms with E-state index in [1.165, 1.54) is 0 Å². The van der Waals surface area contributed by atoms with Crippen LogP contribution in [0.5, 0.6) is 0 Å². The quantitative estimate of drug-likeness (QED) is 0.865. The predicted molar refractivity (Wildman–Crippen MR) is 91.6 cm³/mol. The van der Waals surface area contributed by atoms with Crippen LogP contribution in [0.1, 0.15) is 61.3 Å². The molecule has 5 nitrogen and oxygen atoms in total. The van der Waals surface area contributed by atoms with Gasteiger partial charge in [-0.25, -0.2) is 4.79 Å². The highest BCUT2D eigenvalue weighted by atomic mass is 16.6. The molecular weight excluding hydrogens is 292 g/mol. The second-order valence-electron chi connectivity index (χ2n) is 9.21. The average molecular weight is 326 g/mol. The zero-order chi connectivity index (χ0) is 17.5. The van der Waals surface area contributed by atoms with E-state index in [4.69, 9.17) is 9.47 Å². The summed E-state index contributed by atoms with van der Waals surface area (Å²) in [7, 11) is 0. The van der Waals surface area contributed by atoms with Crippen molar-refractivity contribution in [2.75, 3.05) is 19.6 Å². The van der Waals surface area contributed by atoms with Gasteiger partial charge in [0.15, 0.2) is 0 Å². The normalized spacial score (nSPS) is 29.8. The van der Waals surface area contributed by atoms with E-state index in [0.717, 1.165) is 32.5 Å². The monoisotopic (exact) mass is 326 g/mol. The predicted octanol–water partition coefficient (Wildman–Crippen LogP) is 3.18. The Labute approximate surface area is 141 Å². The summed E-state index contributed by atoms with van der Waals surface area (Å²) in [6.07, 6.45) is 1.86. The zero-order valence-corrected chi connectivity index (χ0v) is 15.9. The minimum atomic E-state index is -0.426. The van der Waals surface area contributed by atoms with E-state index in [9.17, 15) is 4.79 Å². The molecule has 1 amide bonds. The van der Waals surface area contributed by atoms with Gasteiger partial charge in [-0.3, -0.25) is 0 Å². The maximum absolute atomic E-state index is 12.1. The van der Waals surface area contributed by atoms with Crippen molar-refractivity contribution in [1.82, 2.24) is 10.2 Å². The maximum Gasteiger partial charge on any atom is 0.410 e. The molecule has 2 atom stereocenters. The number of amides is 1. The molecule has 0 aromatic heterocycles. The lowest BCUT2D eigenvalue weighted by molar-refractivity contribution is -0.0699. The van der Waals surface area contributed by atoms with Crippen LogP contribution in [0.15, 0.2) is 0 Å². The number of nitrogens with one attached hydrogen (secondary N) is 1. The van der Waals surface area contributed by atoms with Crippen LogP contribution in [0.4, 0.5) is 4.79 Å². The molecule has 2 unspecified atom stereocenters. The molecule has 1 N–H and O–H groups in total. The minimum absolute atomic E-state index is 0.0700. The summed E-state index contributed by atoms with van der Waals surface area (Å²) in [5.74, 6) is 0.488. The molecule has 2 heterocycles. The van der Waals surface area contributed by atoms with Gasteiger partial charge >= 0.3 is 6.09 Å². The molecule has 2 rings (SSSR count). The van der Waals surface area contributed by atoms with Gasteiger partial charge in [0.25, 0.3) is 0 Å². The maximum atomic E-state index is 12.1. The number of carbonyl (C=O) groups excluding carboxylic acids is 1. The van der Waals surface area contributed by atoms with E-state index >= 15 is 0 Å². The molecule has 5 heteroatoms. The lowest BCUT2D eigenvalue weighted by Crippen LogP contribution is -2.45. The number of ether oxygens (including phenoxy) is 2. The number of hydrogen-bond donors (Lipinski definition) is 1. The van der Waals surface area contributed by atoms with Gasteiger partial charge in [0.1, 0.15) is 5.60 Å². The van der Waals surface area contributed by atoms with Crippen molar-refractivity contribution < 1.29 is 14.3 Å². The smallest absolute Gasteiger partial charge is 0.410 e. The first kappa shape index (κ1) is 18.5. The standard InChI is InChI=1S/C18H34N2O3/c1-16(2,3)22-15(21)20-9-8-13(12-20)11-19-14-10-17(4,5)23-18(14,6)7/h13-14,19H,8-12H2,1-7H3. The number of carbonyl (C=O) groups is 1. The Balaban J connectivity index is 1.79. The van der Waals surface area contributed by atoms with Crippen LogP contribution in [-0.2, 0) is 9.47 Å². The SMILES string of the molecule is CC(C)(C)OC(=O)N1CCC(CNC2CC(C)(C)OC2(C)C)C1. The zero-order valence-electron chi connectivity index (χ0n) is 15.9. The lowest BCUT2D eigenvalue weighted by atomic mass is 9.94. The van der Waals surface area contributed by atoms with Gasteiger partial charge in [-0.05, 0) is 67.2 Å². The molecule has 134 valence electrons. The van der Waals surface area contributed by atoms with E-state index in [1.807, 2.05) is 25.7 Å². The molecule has 0 spiro atoms. The largest absolute Gasteiger partial charge is 0.444 e. The highest BCUT2D eigenvalue weighted by Gasteiger charge is 2.45. The molecule has 0 aromatic carbocycles. The Bertz CT molecular complexity index is 440. The lowest BCUT2D eigenvalue weighted by Gasteiger charge is -2.28. The number of rotatable bonds is 3. The van der Waals surface area contributed by atoms with E-state index in [1.54, 1.807) is 0 Å². The fourth-order valence-corrected chi connectivity index (χ4v) is 3.68. The van der Waals surface area contributed by atoms with Crippen LogP contribution in [0.25, 0.3) is 0 Å². The Hall–Kier alpha value is -0.810. The summed E-state index contributed by atoms with van der Waals surface area (Å²) in [5.41, 5.74) is -0.642. The van der Waals surface area contributed by atoms with Crippen LogP contribution >= 0.6 is 0 Å². The summed E-state index contributed by atoms with van der Waals surface area (Å²) in [4.78, 5) is 13.9. The Morgan fingerprint density at radius 2 is 1.96 bits per heavy atom. The van der Waals surface area contributed by atoms with Crippen molar-refractivity contribution >= 4 is 6.09 Å². The second kappa shape index (κ2) is 6.25. The van der Waals surface area contributed by atoms with E-state index in [0.29, 0.717) is 12.0 Å². The van der Waals surface area contributed by atoms with Gasteiger partial charge in [-0.2, -0.15) is 0 Å². The number of nitrogens with zero attached hydrogens (tertiary/aromatic N) is 1. The summed E-state index contributed by atoms with van der Waals surface area (Å²) >= 11 is 0. The first-order chi connectivity index (χ1) is 10.4. The van der Waals surface area contributed by atoms with Gasteiger partial charge in [-0.1, -0.05) is 0 Å². The molecule has 2 fully saturated rings.